The Balaban J connectivity index is 0.00000200. The molecule has 5 heteroatoms. The van der Waals surface area contributed by atoms with Crippen molar-refractivity contribution in [1.82, 2.24) is 5.32 Å². The fourth-order valence-corrected chi connectivity index (χ4v) is 1.81. The molecule has 1 atom stereocenters. The van der Waals surface area contributed by atoms with Crippen LogP contribution in [0.4, 0.5) is 4.39 Å². The van der Waals surface area contributed by atoms with Gasteiger partial charge < -0.3 is 15.2 Å². The molecule has 0 saturated carbocycles. The van der Waals surface area contributed by atoms with Gasteiger partial charge in [-0.15, -0.1) is 0 Å². The van der Waals surface area contributed by atoms with E-state index in [4.69, 9.17) is 0 Å². The minimum atomic E-state index is -1.23. The summed E-state index contributed by atoms with van der Waals surface area (Å²) in [6.45, 7) is 0.400. The predicted molar refractivity (Wildman–Crippen MR) is 67.4 cm³/mol. The van der Waals surface area contributed by atoms with Crippen LogP contribution < -0.4 is 40.0 Å². The first-order valence-electron chi connectivity index (χ1n) is 5.90. The molecule has 2 rings (SSSR count). The molecule has 20 heavy (non-hydrogen) atoms. The van der Waals surface area contributed by atoms with E-state index in [0.717, 1.165) is 5.56 Å². The van der Waals surface area contributed by atoms with E-state index >= 15 is 0 Å². The Labute approximate surface area is 139 Å². The molecule has 3 nitrogen and oxygen atoms in total. The van der Waals surface area contributed by atoms with Crippen molar-refractivity contribution in [1.29, 1.82) is 0 Å². The largest absolute Gasteiger partial charge is 1.00 e. The minimum absolute atomic E-state index is 0. The number of hydrogen-bond donors (Lipinski definition) is 1. The normalized spacial score (nSPS) is 11.4. The van der Waals surface area contributed by atoms with Gasteiger partial charge in [0.15, 0.2) is 0 Å². The number of carbonyl (C=O) groups excluding carboxylic acids is 1. The summed E-state index contributed by atoms with van der Waals surface area (Å²) in [4.78, 5) is 11.1. The number of aliphatic carboxylic acids is 1. The average molecular weight is 281 g/mol. The number of carboxylic acid groups (broad SMARTS) is 1. The van der Waals surface area contributed by atoms with Crippen molar-refractivity contribution >= 4 is 5.97 Å². The van der Waals surface area contributed by atoms with Crippen LogP contribution in [-0.4, -0.2) is 5.97 Å². The Morgan fingerprint density at radius 2 is 1.70 bits per heavy atom. The monoisotopic (exact) mass is 281 g/mol. The second-order valence-electron chi connectivity index (χ2n) is 4.17. The summed E-state index contributed by atoms with van der Waals surface area (Å²) in [7, 11) is 0. The Bertz CT molecular complexity index is 546. The fourth-order valence-electron chi connectivity index (χ4n) is 1.81. The van der Waals surface area contributed by atoms with Crippen LogP contribution in [0.25, 0.3) is 0 Å². The van der Waals surface area contributed by atoms with E-state index < -0.39 is 17.8 Å². The van der Waals surface area contributed by atoms with Crippen molar-refractivity contribution in [2.75, 3.05) is 0 Å². The van der Waals surface area contributed by atoms with E-state index in [-0.39, 0.29) is 29.6 Å². The molecule has 0 aliphatic heterocycles. The van der Waals surface area contributed by atoms with Crippen molar-refractivity contribution in [2.24, 2.45) is 0 Å². The van der Waals surface area contributed by atoms with Gasteiger partial charge in [0.2, 0.25) is 0 Å². The maximum absolute atomic E-state index is 12.8. The number of halogens is 1. The van der Waals surface area contributed by atoms with Crippen LogP contribution in [0.3, 0.4) is 0 Å². The predicted octanol–water partition coefficient (Wildman–Crippen LogP) is -1.59. The van der Waals surface area contributed by atoms with E-state index in [1.165, 1.54) is 24.3 Å². The number of carbonyl (C=O) groups is 1. The molecule has 0 spiro atoms. The molecule has 0 saturated heterocycles. The topological polar surface area (TPSA) is 52.2 Å². The van der Waals surface area contributed by atoms with Crippen molar-refractivity contribution < 1.29 is 43.8 Å². The quantitative estimate of drug-likeness (QED) is 0.672. The average Bonchev–Trinajstić information content (AvgIpc) is 2.42. The summed E-state index contributed by atoms with van der Waals surface area (Å²) < 4.78 is 12.8. The summed E-state index contributed by atoms with van der Waals surface area (Å²) in [5, 5.41) is 14.0. The SMILES string of the molecule is O=C([O-])[C@@H](NCc1ccccc1)c1ccc(F)cc1.[Na+]. The summed E-state index contributed by atoms with van der Waals surface area (Å²) in [6.07, 6.45) is 0. The van der Waals surface area contributed by atoms with Gasteiger partial charge in [-0.25, -0.2) is 4.39 Å². The fraction of sp³-hybridized carbons (Fsp3) is 0.133. The first-order chi connectivity index (χ1) is 9.16. The van der Waals surface area contributed by atoms with E-state index in [1.807, 2.05) is 30.3 Å². The van der Waals surface area contributed by atoms with Gasteiger partial charge in [0, 0.05) is 6.54 Å². The zero-order valence-electron chi connectivity index (χ0n) is 11.2. The molecule has 0 heterocycles. The third-order valence-electron chi connectivity index (χ3n) is 2.79. The van der Waals surface area contributed by atoms with Crippen molar-refractivity contribution in [3.05, 3.63) is 71.5 Å². The van der Waals surface area contributed by atoms with Gasteiger partial charge >= 0.3 is 29.6 Å². The smallest absolute Gasteiger partial charge is 0.548 e. The number of rotatable bonds is 5. The summed E-state index contributed by atoms with van der Waals surface area (Å²) in [5.74, 6) is -1.63. The van der Waals surface area contributed by atoms with Crippen LogP contribution in [0.5, 0.6) is 0 Å². The molecular formula is C15H13FNNaO2. The number of nitrogens with one attached hydrogen (secondary N) is 1. The Morgan fingerprint density at radius 1 is 1.10 bits per heavy atom. The van der Waals surface area contributed by atoms with Crippen LogP contribution in [0.15, 0.2) is 54.6 Å². The molecule has 0 aliphatic carbocycles. The van der Waals surface area contributed by atoms with Crippen molar-refractivity contribution in [2.45, 2.75) is 12.6 Å². The van der Waals surface area contributed by atoms with Crippen LogP contribution in [-0.2, 0) is 11.3 Å². The maximum atomic E-state index is 12.8. The van der Waals surface area contributed by atoms with Crippen LogP contribution in [0, 0.1) is 5.82 Å². The molecule has 0 radical (unpaired) electrons. The summed E-state index contributed by atoms with van der Waals surface area (Å²) in [5.41, 5.74) is 1.44. The molecule has 0 amide bonds. The van der Waals surface area contributed by atoms with E-state index in [2.05, 4.69) is 5.32 Å². The molecule has 98 valence electrons. The third kappa shape index (κ3) is 4.72. The Kier molecular flexibility index (Phi) is 6.88. The Morgan fingerprint density at radius 3 is 2.25 bits per heavy atom. The van der Waals surface area contributed by atoms with Gasteiger partial charge in [-0.3, -0.25) is 0 Å². The van der Waals surface area contributed by atoms with Crippen LogP contribution in [0.1, 0.15) is 17.2 Å². The molecule has 0 bridgehead atoms. The molecule has 0 unspecified atom stereocenters. The third-order valence-corrected chi connectivity index (χ3v) is 2.79. The second kappa shape index (κ2) is 8.17. The minimum Gasteiger partial charge on any atom is -0.548 e. The van der Waals surface area contributed by atoms with E-state index in [9.17, 15) is 14.3 Å². The first kappa shape index (κ1) is 16.9. The van der Waals surface area contributed by atoms with Gasteiger partial charge in [0.05, 0.1) is 12.0 Å². The molecule has 2 aromatic rings. The standard InChI is InChI=1S/C15H14FNO2.Na/c16-13-8-6-12(7-9-13)14(15(18)19)17-10-11-4-2-1-3-5-11;/h1-9,14,17H,10H2,(H,18,19);/q;+1/p-1/t14-;/m0./s1. The molecule has 2 aromatic carbocycles. The zero-order valence-corrected chi connectivity index (χ0v) is 13.2. The number of carboxylic acids is 1. The van der Waals surface area contributed by atoms with Crippen LogP contribution in [0.2, 0.25) is 0 Å². The molecule has 0 fully saturated rings. The number of benzene rings is 2. The van der Waals surface area contributed by atoms with Gasteiger partial charge in [-0.1, -0.05) is 42.5 Å². The molecular weight excluding hydrogens is 268 g/mol. The van der Waals surface area contributed by atoms with Gasteiger partial charge in [0.25, 0.3) is 0 Å². The molecule has 1 N–H and O–H groups in total. The van der Waals surface area contributed by atoms with Crippen LogP contribution >= 0.6 is 0 Å². The van der Waals surface area contributed by atoms with E-state index in [1.54, 1.807) is 0 Å². The summed E-state index contributed by atoms with van der Waals surface area (Å²) in [6, 6.07) is 13.8. The molecule has 0 aromatic heterocycles. The van der Waals surface area contributed by atoms with Gasteiger partial charge in [0.1, 0.15) is 5.82 Å². The van der Waals surface area contributed by atoms with Crippen molar-refractivity contribution in [3.63, 3.8) is 0 Å². The zero-order chi connectivity index (χ0) is 13.7. The molecule has 0 aliphatic rings. The van der Waals surface area contributed by atoms with Gasteiger partial charge in [-0.2, -0.15) is 0 Å². The maximum Gasteiger partial charge on any atom is 1.00 e. The van der Waals surface area contributed by atoms with E-state index in [0.29, 0.717) is 12.1 Å². The first-order valence-corrected chi connectivity index (χ1v) is 5.90. The number of hydrogen-bond acceptors (Lipinski definition) is 3. The van der Waals surface area contributed by atoms with Gasteiger partial charge in [-0.05, 0) is 23.3 Å². The second-order valence-corrected chi connectivity index (χ2v) is 4.17. The Hall–Kier alpha value is -1.20. The van der Waals surface area contributed by atoms with Crippen molar-refractivity contribution in [3.8, 4) is 0 Å². The summed E-state index contributed by atoms with van der Waals surface area (Å²) >= 11 is 0.